The molecule has 0 amide bonds. The summed E-state index contributed by atoms with van der Waals surface area (Å²) in [4.78, 5) is 0. The van der Waals surface area contributed by atoms with Crippen molar-refractivity contribution >= 4 is 10.8 Å². The van der Waals surface area contributed by atoms with E-state index in [0.717, 1.165) is 0 Å². The molecule has 0 aliphatic carbocycles. The van der Waals surface area contributed by atoms with Gasteiger partial charge in [0.1, 0.15) is 0 Å². The average Bonchev–Trinajstić information content (AvgIpc) is 3.21. The predicted octanol–water partition coefficient (Wildman–Crippen LogP) is -0.623. The molecule has 1 aromatic heterocycles. The summed E-state index contributed by atoms with van der Waals surface area (Å²) in [6.07, 6.45) is 4.13. The Morgan fingerprint density at radius 2 is 1.58 bits per heavy atom. The fraction of sp³-hybridized carbons (Fsp3) is 0.100. The molecular weight excluding hydrogens is 505 g/mol. The van der Waals surface area contributed by atoms with Gasteiger partial charge in [-0.3, -0.25) is 0 Å². The molecule has 24 heavy (non-hydrogen) atoms. The molecule has 0 saturated carbocycles. The quantitative estimate of drug-likeness (QED) is 0.293. The van der Waals surface area contributed by atoms with Crippen LogP contribution in [0.4, 0.5) is 0 Å². The molecule has 1 nitrogen and oxygen atoms in total. The molecule has 1 heterocycles. The Balaban J connectivity index is 0.000000463. The second-order valence-electron chi connectivity index (χ2n) is 5.32. The summed E-state index contributed by atoms with van der Waals surface area (Å²) in [5.74, 6) is 0. The van der Waals surface area contributed by atoms with Gasteiger partial charge in [0.05, 0.1) is 0 Å². The van der Waals surface area contributed by atoms with E-state index < -0.39 is 0 Å². The van der Waals surface area contributed by atoms with E-state index >= 15 is 0 Å². The van der Waals surface area contributed by atoms with Crippen LogP contribution in [-0.4, -0.2) is 4.57 Å². The van der Waals surface area contributed by atoms with E-state index in [-0.39, 0.29) is 60.2 Å². The van der Waals surface area contributed by atoms with E-state index in [1.54, 1.807) is 0 Å². The van der Waals surface area contributed by atoms with Gasteiger partial charge in [0, 0.05) is 12.4 Å². The van der Waals surface area contributed by atoms with Crippen LogP contribution in [0.15, 0.2) is 79.1 Å². The third-order valence-corrected chi connectivity index (χ3v) is 3.82. The molecule has 0 fully saturated rings. The van der Waals surface area contributed by atoms with Crippen molar-refractivity contribution in [3.05, 3.63) is 90.3 Å². The minimum Gasteiger partial charge on any atom is -1.00 e. The van der Waals surface area contributed by atoms with E-state index in [0.29, 0.717) is 0 Å². The first kappa shape index (κ1) is 23.3. The molecule has 0 aliphatic heterocycles. The number of aromatic nitrogens is 1. The molecular formula is C20H19Br2NZr. The topological polar surface area (TPSA) is 4.93 Å². The van der Waals surface area contributed by atoms with E-state index in [4.69, 9.17) is 0 Å². The second-order valence-corrected chi connectivity index (χ2v) is 5.32. The van der Waals surface area contributed by atoms with Crippen LogP contribution in [0.5, 0.6) is 0 Å². The van der Waals surface area contributed by atoms with Gasteiger partial charge >= 0.3 is 26.2 Å². The molecule has 4 heteroatoms. The average molecular weight is 524 g/mol. The molecule has 0 radical (unpaired) electrons. The Labute approximate surface area is 184 Å². The molecule has 0 aliphatic rings. The van der Waals surface area contributed by atoms with Gasteiger partial charge in [0.2, 0.25) is 0 Å². The van der Waals surface area contributed by atoms with Gasteiger partial charge in [0.25, 0.3) is 0 Å². The van der Waals surface area contributed by atoms with Crippen molar-refractivity contribution in [2.45, 2.75) is 13.8 Å². The molecule has 4 rings (SSSR count). The zero-order chi connectivity index (χ0) is 14.7. The molecule has 0 bridgehead atoms. The van der Waals surface area contributed by atoms with E-state index in [1.165, 1.54) is 27.6 Å². The maximum Gasteiger partial charge on any atom is 4.00 e. The van der Waals surface area contributed by atoms with Gasteiger partial charge in [-0.1, -0.05) is 19.9 Å². The molecule has 0 N–H and O–H groups in total. The monoisotopic (exact) mass is 521 g/mol. The van der Waals surface area contributed by atoms with Crippen LogP contribution in [0.25, 0.3) is 16.5 Å². The summed E-state index contributed by atoms with van der Waals surface area (Å²) in [7, 11) is 0. The molecule has 0 saturated heterocycles. The third-order valence-electron chi connectivity index (χ3n) is 3.82. The second kappa shape index (κ2) is 11.0. The normalized spacial score (nSPS) is 9.08. The number of rotatable bonds is 1. The molecule has 3 aromatic carbocycles. The Hall–Kier alpha value is -0.697. The number of aryl methyl sites for hydroxylation is 2. The van der Waals surface area contributed by atoms with E-state index in [9.17, 15) is 0 Å². The largest absolute Gasteiger partial charge is 4.00 e. The van der Waals surface area contributed by atoms with Crippen molar-refractivity contribution in [3.63, 3.8) is 0 Å². The van der Waals surface area contributed by atoms with Crippen LogP contribution in [-0.2, 0) is 26.2 Å². The van der Waals surface area contributed by atoms with Crippen molar-refractivity contribution in [2.75, 3.05) is 0 Å². The van der Waals surface area contributed by atoms with E-state index in [2.05, 4.69) is 85.4 Å². The third kappa shape index (κ3) is 5.68. The predicted molar refractivity (Wildman–Crippen MR) is 90.4 cm³/mol. The summed E-state index contributed by atoms with van der Waals surface area (Å²) >= 11 is 0. The van der Waals surface area contributed by atoms with Crippen LogP contribution in [0.3, 0.4) is 0 Å². The van der Waals surface area contributed by atoms with Crippen molar-refractivity contribution in [1.29, 1.82) is 0 Å². The standard InChI is InChI=1S/C13H10N.C7H9.2BrH.Zr/c1-2-6-12-10-13(9-11(12)5-1)14-7-3-4-8-14;1-6-4-3-5-7(6)2;;;/h1-10H;3-5H,1-2H3;2*1H;/q2*-1;;;+4/p-2. The van der Waals surface area contributed by atoms with Gasteiger partial charge in [-0.25, -0.2) is 12.1 Å². The first-order valence-electron chi connectivity index (χ1n) is 7.22. The summed E-state index contributed by atoms with van der Waals surface area (Å²) in [6.45, 7) is 4.24. The summed E-state index contributed by atoms with van der Waals surface area (Å²) in [6, 6.07) is 23.2. The van der Waals surface area contributed by atoms with E-state index in [1.807, 2.05) is 12.1 Å². The molecule has 0 spiro atoms. The van der Waals surface area contributed by atoms with Crippen LogP contribution >= 0.6 is 0 Å². The maximum absolute atomic E-state index is 2.20. The van der Waals surface area contributed by atoms with Crippen molar-refractivity contribution < 1.29 is 60.2 Å². The minimum absolute atomic E-state index is 0. The van der Waals surface area contributed by atoms with Crippen LogP contribution < -0.4 is 34.0 Å². The summed E-state index contributed by atoms with van der Waals surface area (Å²) < 4.78 is 2.12. The Morgan fingerprint density at radius 3 is 2.08 bits per heavy atom. The molecule has 0 unspecified atom stereocenters. The smallest absolute Gasteiger partial charge is 1.00 e. The number of hydrogen-bond donors (Lipinski definition) is 0. The summed E-state index contributed by atoms with van der Waals surface area (Å²) in [5.41, 5.74) is 4.01. The number of halogens is 2. The Kier molecular flexibility index (Phi) is 10.7. The summed E-state index contributed by atoms with van der Waals surface area (Å²) in [5, 5.41) is 2.60. The Morgan fingerprint density at radius 1 is 0.917 bits per heavy atom. The minimum atomic E-state index is 0. The fourth-order valence-corrected chi connectivity index (χ4v) is 2.39. The first-order chi connectivity index (χ1) is 10.2. The van der Waals surface area contributed by atoms with Crippen LogP contribution in [0.1, 0.15) is 11.1 Å². The zero-order valence-electron chi connectivity index (χ0n) is 13.7. The van der Waals surface area contributed by atoms with Gasteiger partial charge in [-0.2, -0.15) is 17.2 Å². The molecule has 0 atom stereocenters. The molecule has 122 valence electrons. The van der Waals surface area contributed by atoms with Gasteiger partial charge in [0.15, 0.2) is 0 Å². The SMILES string of the molecule is Cc1ccc[c-]1C.[Br-].[Br-].[Zr+4].c1ccc2[cH-]c(-n3cccc3)cc2c1. The van der Waals surface area contributed by atoms with Gasteiger partial charge < -0.3 is 38.5 Å². The van der Waals surface area contributed by atoms with Crippen LogP contribution in [0.2, 0.25) is 0 Å². The Bertz CT molecular complexity index is 779. The number of fused-ring (bicyclic) bond motifs is 1. The maximum atomic E-state index is 2.20. The number of benzene rings is 1. The van der Waals surface area contributed by atoms with Crippen LogP contribution in [0, 0.1) is 13.8 Å². The first-order valence-corrected chi connectivity index (χ1v) is 7.22. The van der Waals surface area contributed by atoms with Crippen molar-refractivity contribution in [2.24, 2.45) is 0 Å². The van der Waals surface area contributed by atoms with Gasteiger partial charge in [-0.15, -0.1) is 41.1 Å². The number of hydrogen-bond acceptors (Lipinski definition) is 0. The fourth-order valence-electron chi connectivity index (χ4n) is 2.39. The zero-order valence-corrected chi connectivity index (χ0v) is 19.3. The van der Waals surface area contributed by atoms with Gasteiger partial charge in [-0.05, 0) is 17.8 Å². The number of nitrogens with zero attached hydrogens (tertiary/aromatic N) is 1. The van der Waals surface area contributed by atoms with Crippen molar-refractivity contribution in [3.8, 4) is 5.69 Å². The molecule has 4 aromatic rings. The van der Waals surface area contributed by atoms with Crippen molar-refractivity contribution in [1.82, 2.24) is 4.57 Å².